The summed E-state index contributed by atoms with van der Waals surface area (Å²) in [6, 6.07) is 6.02. The van der Waals surface area contributed by atoms with Gasteiger partial charge in [-0.3, -0.25) is 0 Å². The zero-order valence-electron chi connectivity index (χ0n) is 19.7. The molecule has 0 fully saturated rings. The van der Waals surface area contributed by atoms with Crippen LogP contribution in [0.15, 0.2) is 59.4 Å². The summed E-state index contributed by atoms with van der Waals surface area (Å²) in [6.07, 6.45) is 3.35. The smallest absolute Gasteiger partial charge is 0.245 e. The number of halogens is 4. The summed E-state index contributed by atoms with van der Waals surface area (Å²) in [6.45, 7) is 2.76. The third-order valence-corrected chi connectivity index (χ3v) is 7.16. The van der Waals surface area contributed by atoms with E-state index in [9.17, 15) is 21.6 Å². The van der Waals surface area contributed by atoms with Gasteiger partial charge in [0.15, 0.2) is 0 Å². The number of likely N-dealkylation sites (N-methyl/N-ethyl adjacent to an activating group) is 2. The van der Waals surface area contributed by atoms with Gasteiger partial charge in [-0.05, 0) is 57.4 Å². The average Bonchev–Trinajstić information content (AvgIpc) is 2.77. The monoisotopic (exact) mass is 529 g/mol. The number of hydrogen-bond donors (Lipinski definition) is 3. The Morgan fingerprint density at radius 1 is 1.06 bits per heavy atom. The lowest BCUT2D eigenvalue weighted by Gasteiger charge is -2.29. The van der Waals surface area contributed by atoms with Gasteiger partial charge in [0.2, 0.25) is 10.0 Å². The van der Waals surface area contributed by atoms with E-state index < -0.39 is 38.0 Å². The van der Waals surface area contributed by atoms with Gasteiger partial charge in [-0.15, -0.1) is 0 Å². The number of nitrogens with one attached hydrogen (secondary N) is 3. The van der Waals surface area contributed by atoms with Crippen molar-refractivity contribution in [3.63, 3.8) is 0 Å². The van der Waals surface area contributed by atoms with Crippen molar-refractivity contribution in [2.75, 3.05) is 44.4 Å². The molecule has 2 aromatic rings. The van der Waals surface area contributed by atoms with Crippen LogP contribution in [0.25, 0.3) is 0 Å². The maximum Gasteiger partial charge on any atom is 0.245 e. The normalized spacial score (nSPS) is 17.8. The molecule has 1 atom stereocenters. The average molecular weight is 530 g/mol. The molecule has 0 aliphatic carbocycles. The largest absolute Gasteiger partial charge is 0.372 e. The van der Waals surface area contributed by atoms with E-state index in [2.05, 4.69) is 15.4 Å². The van der Waals surface area contributed by atoms with Crippen molar-refractivity contribution in [2.24, 2.45) is 0 Å². The highest BCUT2D eigenvalue weighted by Gasteiger charge is 2.31. The van der Waals surface area contributed by atoms with Crippen molar-refractivity contribution in [1.82, 2.24) is 14.9 Å². The Morgan fingerprint density at radius 3 is 2.40 bits per heavy atom. The lowest BCUT2D eigenvalue weighted by atomic mass is 10.1. The minimum absolute atomic E-state index is 0.0683. The summed E-state index contributed by atoms with van der Waals surface area (Å²) in [5, 5.41) is 5.47. The van der Waals surface area contributed by atoms with Crippen LogP contribution in [-0.2, 0) is 10.0 Å². The van der Waals surface area contributed by atoms with Gasteiger partial charge in [-0.2, -0.15) is 4.72 Å². The Morgan fingerprint density at radius 2 is 1.77 bits per heavy atom. The summed E-state index contributed by atoms with van der Waals surface area (Å²) in [7, 11) is 1.24. The Kier molecular flexibility index (Phi) is 8.05. The molecule has 0 bridgehead atoms. The second kappa shape index (κ2) is 10.5. The maximum absolute atomic E-state index is 15.0. The predicted molar refractivity (Wildman–Crippen MR) is 133 cm³/mol. The Hall–Kier alpha value is -2.73. The molecule has 2 aromatic carbocycles. The molecule has 0 radical (unpaired) electrons. The molecule has 12 heteroatoms. The van der Waals surface area contributed by atoms with E-state index in [1.54, 1.807) is 7.05 Å². The number of sulfonamides is 1. The van der Waals surface area contributed by atoms with Gasteiger partial charge in [0, 0.05) is 32.4 Å². The molecule has 0 aromatic heterocycles. The topological polar surface area (TPSA) is 76.7 Å². The molecule has 0 amide bonds. The molecule has 0 saturated heterocycles. The van der Waals surface area contributed by atoms with Gasteiger partial charge >= 0.3 is 0 Å². The standard InChI is InChI=1S/C23H27ClF3N5O2S/c1-23(8-7-16(26)14-28-23)30-35(33,34)22-12-17(24)20(13-18(22)27)29-19-6-5-15(25)11-21(19)32(4)10-9-31(2)3/h5-8,11-14,28-30H,9-10H2,1-4H3. The first-order valence-corrected chi connectivity index (χ1v) is 12.4. The first kappa shape index (κ1) is 26.9. The quantitative estimate of drug-likeness (QED) is 0.449. The Balaban J connectivity index is 1.88. The number of dihydropyridines is 1. The minimum Gasteiger partial charge on any atom is -0.372 e. The molecular weight excluding hydrogens is 503 g/mol. The molecule has 35 heavy (non-hydrogen) atoms. The van der Waals surface area contributed by atoms with E-state index in [0.29, 0.717) is 24.5 Å². The first-order chi connectivity index (χ1) is 16.3. The molecule has 3 rings (SSSR count). The molecule has 1 heterocycles. The van der Waals surface area contributed by atoms with Crippen molar-refractivity contribution < 1.29 is 21.6 Å². The van der Waals surface area contributed by atoms with Crippen LogP contribution in [-0.4, -0.2) is 53.2 Å². The fourth-order valence-corrected chi connectivity index (χ4v) is 4.99. The number of anilines is 3. The summed E-state index contributed by atoms with van der Waals surface area (Å²) >= 11 is 6.32. The van der Waals surface area contributed by atoms with Gasteiger partial charge in [0.1, 0.15) is 28.0 Å². The lowest BCUT2D eigenvalue weighted by molar-refractivity contribution is 0.416. The summed E-state index contributed by atoms with van der Waals surface area (Å²) < 4.78 is 70.2. The van der Waals surface area contributed by atoms with Crippen LogP contribution >= 0.6 is 11.6 Å². The maximum atomic E-state index is 15.0. The lowest BCUT2D eigenvalue weighted by Crippen LogP contribution is -2.54. The number of allylic oxidation sites excluding steroid dienone is 2. The van der Waals surface area contributed by atoms with Gasteiger partial charge in [0.25, 0.3) is 0 Å². The molecule has 1 unspecified atom stereocenters. The van der Waals surface area contributed by atoms with E-state index >= 15 is 0 Å². The first-order valence-electron chi connectivity index (χ1n) is 10.6. The van der Waals surface area contributed by atoms with E-state index in [-0.39, 0.29) is 10.7 Å². The van der Waals surface area contributed by atoms with Crippen molar-refractivity contribution in [2.45, 2.75) is 17.5 Å². The van der Waals surface area contributed by atoms with Crippen LogP contribution in [0.3, 0.4) is 0 Å². The van der Waals surface area contributed by atoms with Crippen molar-refractivity contribution >= 4 is 38.7 Å². The molecule has 190 valence electrons. The van der Waals surface area contributed by atoms with Gasteiger partial charge < -0.3 is 20.4 Å². The van der Waals surface area contributed by atoms with E-state index in [0.717, 1.165) is 24.4 Å². The molecule has 0 spiro atoms. The zero-order chi connectivity index (χ0) is 26.0. The minimum atomic E-state index is -4.39. The molecule has 1 aliphatic rings. The van der Waals surface area contributed by atoms with Gasteiger partial charge in [-0.1, -0.05) is 11.6 Å². The van der Waals surface area contributed by atoms with Gasteiger partial charge in [0.05, 0.1) is 22.1 Å². The van der Waals surface area contributed by atoms with Crippen molar-refractivity contribution in [3.05, 3.63) is 71.2 Å². The second-order valence-corrected chi connectivity index (χ2v) is 10.6. The van der Waals surface area contributed by atoms with Crippen molar-refractivity contribution in [1.29, 1.82) is 0 Å². The number of nitrogens with zero attached hydrogens (tertiary/aromatic N) is 2. The summed E-state index contributed by atoms with van der Waals surface area (Å²) in [5.74, 6) is -2.08. The van der Waals surface area contributed by atoms with Crippen LogP contribution in [0.4, 0.5) is 30.2 Å². The summed E-state index contributed by atoms with van der Waals surface area (Å²) in [5.41, 5.74) is -0.292. The molecule has 7 nitrogen and oxygen atoms in total. The Labute approximate surface area is 208 Å². The third kappa shape index (κ3) is 6.69. The summed E-state index contributed by atoms with van der Waals surface area (Å²) in [4.78, 5) is 3.14. The van der Waals surface area contributed by atoms with E-state index in [1.165, 1.54) is 31.2 Å². The van der Waals surface area contributed by atoms with Crippen LogP contribution in [0.2, 0.25) is 5.02 Å². The second-order valence-electron chi connectivity index (χ2n) is 8.59. The zero-order valence-corrected chi connectivity index (χ0v) is 21.2. The number of rotatable bonds is 9. The third-order valence-electron chi connectivity index (χ3n) is 5.27. The molecule has 3 N–H and O–H groups in total. The highest BCUT2D eigenvalue weighted by Crippen LogP contribution is 2.34. The van der Waals surface area contributed by atoms with Crippen LogP contribution < -0.4 is 20.3 Å². The fourth-order valence-electron chi connectivity index (χ4n) is 3.33. The van der Waals surface area contributed by atoms with Crippen molar-refractivity contribution in [3.8, 4) is 0 Å². The molecular formula is C23H27ClF3N5O2S. The predicted octanol–water partition coefficient (Wildman–Crippen LogP) is 4.32. The van der Waals surface area contributed by atoms with Crippen LogP contribution in [0.5, 0.6) is 0 Å². The molecule has 1 aliphatic heterocycles. The van der Waals surface area contributed by atoms with E-state index in [4.69, 9.17) is 11.6 Å². The highest BCUT2D eigenvalue weighted by atomic mass is 35.5. The SMILES string of the molecule is CN(C)CCN(C)c1cc(F)ccc1Nc1cc(F)c(S(=O)(=O)NC2(C)C=CC(F)=CN2)cc1Cl. The number of hydrogen-bond acceptors (Lipinski definition) is 6. The van der Waals surface area contributed by atoms with Crippen LogP contribution in [0.1, 0.15) is 6.92 Å². The molecule has 0 saturated carbocycles. The number of benzene rings is 2. The van der Waals surface area contributed by atoms with E-state index in [1.807, 2.05) is 23.9 Å². The fraction of sp³-hybridized carbons (Fsp3) is 0.304. The van der Waals surface area contributed by atoms with Crippen LogP contribution in [0, 0.1) is 11.6 Å². The Bertz CT molecular complexity index is 1270. The highest BCUT2D eigenvalue weighted by molar-refractivity contribution is 7.89. The van der Waals surface area contributed by atoms with Gasteiger partial charge in [-0.25, -0.2) is 21.6 Å².